The molecule has 2 heterocycles. The highest BCUT2D eigenvalue weighted by Gasteiger charge is 2.38. The number of hydrogen-bond acceptors (Lipinski definition) is 4. The van der Waals surface area contributed by atoms with Crippen molar-refractivity contribution in [3.8, 4) is 5.88 Å². The predicted molar refractivity (Wildman–Crippen MR) is 91.8 cm³/mol. The van der Waals surface area contributed by atoms with Crippen molar-refractivity contribution in [2.24, 2.45) is 0 Å². The van der Waals surface area contributed by atoms with Crippen LogP contribution in [0, 0.1) is 0 Å². The smallest absolute Gasteiger partial charge is 0.331 e. The summed E-state index contributed by atoms with van der Waals surface area (Å²) < 4.78 is 2.55. The highest BCUT2D eigenvalue weighted by molar-refractivity contribution is 6.11. The van der Waals surface area contributed by atoms with Crippen molar-refractivity contribution in [3.63, 3.8) is 0 Å². The molecule has 3 amide bonds. The molecule has 0 aliphatic carbocycles. The molecule has 0 spiro atoms. The van der Waals surface area contributed by atoms with Crippen molar-refractivity contribution in [1.82, 2.24) is 18.9 Å². The maximum absolute atomic E-state index is 12.3. The van der Waals surface area contributed by atoms with Crippen molar-refractivity contribution in [2.45, 2.75) is 40.8 Å². The molecule has 25 heavy (non-hydrogen) atoms. The van der Waals surface area contributed by atoms with Crippen LogP contribution in [0.25, 0.3) is 6.08 Å². The van der Waals surface area contributed by atoms with E-state index >= 15 is 0 Å². The third-order valence-electron chi connectivity index (χ3n) is 4.21. The first-order valence-electron chi connectivity index (χ1n) is 8.44. The number of carbonyl (C=O) groups is 2. The number of imidazole rings is 1. The minimum atomic E-state index is -0.361. The molecule has 0 saturated carbocycles. The first-order chi connectivity index (χ1) is 11.9. The molecule has 0 radical (unpaired) electrons. The normalized spacial score (nSPS) is 16.9. The molecule has 0 N–H and O–H groups in total. The van der Waals surface area contributed by atoms with Gasteiger partial charge in [-0.25, -0.2) is 9.59 Å². The van der Waals surface area contributed by atoms with E-state index in [4.69, 9.17) is 0 Å². The van der Waals surface area contributed by atoms with Crippen LogP contribution in [0.1, 0.15) is 33.4 Å². The summed E-state index contributed by atoms with van der Waals surface area (Å²) in [6.07, 6.45) is 4.55. The van der Waals surface area contributed by atoms with Crippen LogP contribution in [0.2, 0.25) is 0 Å². The number of imide groups is 1. The lowest BCUT2D eigenvalue weighted by Gasteiger charge is -2.13. The van der Waals surface area contributed by atoms with E-state index in [0.717, 1.165) is 9.47 Å². The van der Waals surface area contributed by atoms with Crippen LogP contribution in [0.4, 0.5) is 4.79 Å². The van der Waals surface area contributed by atoms with Gasteiger partial charge < -0.3 is 9.67 Å². The largest absolute Gasteiger partial charge is 0.858 e. The van der Waals surface area contributed by atoms with Crippen molar-refractivity contribution < 1.29 is 14.7 Å². The summed E-state index contributed by atoms with van der Waals surface area (Å²) in [5.41, 5.74) is 0.179. The quantitative estimate of drug-likeness (QED) is 0.566. The second-order valence-electron chi connectivity index (χ2n) is 5.45. The molecule has 8 heteroatoms. The number of urea groups is 1. The maximum atomic E-state index is 12.3. The van der Waals surface area contributed by atoms with E-state index in [1.54, 1.807) is 27.7 Å². The lowest BCUT2D eigenvalue weighted by Crippen LogP contribution is -2.32. The Hall–Kier alpha value is -2.77. The monoisotopic (exact) mass is 347 g/mol. The van der Waals surface area contributed by atoms with Gasteiger partial charge in [-0.1, -0.05) is 6.08 Å². The summed E-state index contributed by atoms with van der Waals surface area (Å²) >= 11 is 0. The average molecular weight is 347 g/mol. The fourth-order valence-electron chi connectivity index (χ4n) is 2.90. The number of carbonyl (C=O) groups excluding carboxylic acids is 2. The second-order valence-corrected chi connectivity index (χ2v) is 5.45. The average Bonchev–Trinajstić information content (AvgIpc) is 2.97. The molecule has 0 aromatic carbocycles. The van der Waals surface area contributed by atoms with Gasteiger partial charge in [-0.15, -0.1) is 0 Å². The molecule has 1 aliphatic heterocycles. The highest BCUT2D eigenvalue weighted by Crippen LogP contribution is 2.21. The fourth-order valence-corrected chi connectivity index (χ4v) is 2.90. The number of rotatable bonds is 6. The molecule has 1 aromatic rings. The predicted octanol–water partition coefficient (Wildman–Crippen LogP) is 0.964. The van der Waals surface area contributed by atoms with Gasteiger partial charge in [0, 0.05) is 26.2 Å². The molecular formula is C17H23N4O4-. The maximum Gasteiger partial charge on any atom is 0.331 e. The lowest BCUT2D eigenvalue weighted by molar-refractivity contribution is -0.279. The van der Waals surface area contributed by atoms with Crippen LogP contribution >= 0.6 is 0 Å². The first-order valence-corrected chi connectivity index (χ1v) is 8.44. The minimum absolute atomic E-state index is 0.262. The Balaban J connectivity index is 2.40. The molecule has 8 nitrogen and oxygen atoms in total. The summed E-state index contributed by atoms with van der Waals surface area (Å²) in [7, 11) is 0. The van der Waals surface area contributed by atoms with E-state index in [2.05, 4.69) is 0 Å². The number of nitrogens with zero attached hydrogens (tertiary/aromatic N) is 4. The Kier molecular flexibility index (Phi) is 5.51. The second kappa shape index (κ2) is 7.42. The molecule has 136 valence electrons. The van der Waals surface area contributed by atoms with Gasteiger partial charge in [0.15, 0.2) is 0 Å². The van der Waals surface area contributed by atoms with Gasteiger partial charge in [-0.2, -0.15) is 0 Å². The minimum Gasteiger partial charge on any atom is -0.858 e. The van der Waals surface area contributed by atoms with E-state index in [-0.39, 0.29) is 34.9 Å². The summed E-state index contributed by atoms with van der Waals surface area (Å²) in [5, 5.41) is 12.3. The van der Waals surface area contributed by atoms with Crippen molar-refractivity contribution >= 4 is 18.0 Å². The highest BCUT2D eigenvalue weighted by atomic mass is 16.3. The number of amides is 3. The van der Waals surface area contributed by atoms with Gasteiger partial charge in [-0.3, -0.25) is 19.2 Å². The number of allylic oxidation sites excluding steroid dienone is 2. The Labute approximate surface area is 146 Å². The van der Waals surface area contributed by atoms with E-state index in [0.29, 0.717) is 26.2 Å². The molecule has 1 saturated heterocycles. The van der Waals surface area contributed by atoms with Crippen LogP contribution in [0.3, 0.4) is 0 Å². The van der Waals surface area contributed by atoms with Gasteiger partial charge >= 0.3 is 11.7 Å². The summed E-state index contributed by atoms with van der Waals surface area (Å²) in [5.74, 6) is -0.722. The van der Waals surface area contributed by atoms with E-state index in [1.165, 1.54) is 27.7 Å². The van der Waals surface area contributed by atoms with E-state index < -0.39 is 0 Å². The Bertz CT molecular complexity index is 800. The lowest BCUT2D eigenvalue weighted by atomic mass is 10.3. The summed E-state index contributed by atoms with van der Waals surface area (Å²) in [4.78, 5) is 39.1. The molecular weight excluding hydrogens is 324 g/mol. The van der Waals surface area contributed by atoms with Gasteiger partial charge in [0.2, 0.25) is 0 Å². The topological polar surface area (TPSA) is 90.6 Å². The van der Waals surface area contributed by atoms with Gasteiger partial charge in [0.25, 0.3) is 5.91 Å². The van der Waals surface area contributed by atoms with Crippen molar-refractivity contribution in [2.75, 3.05) is 13.1 Å². The zero-order valence-electron chi connectivity index (χ0n) is 15.0. The van der Waals surface area contributed by atoms with E-state index in [1.807, 2.05) is 0 Å². The SMILES string of the molecule is CCN1C(=O)/C(=C\C=Cc2c([O-])n(CC)c(=O)n2CC)N(CC)C1=O. The fraction of sp³-hybridized carbons (Fsp3) is 0.471. The summed E-state index contributed by atoms with van der Waals surface area (Å²) in [6.45, 7) is 8.39. The molecule has 1 aromatic heterocycles. The zero-order chi connectivity index (χ0) is 18.7. The molecule has 1 fully saturated rings. The van der Waals surface area contributed by atoms with Crippen LogP contribution in [0.15, 0.2) is 22.6 Å². The number of likely N-dealkylation sites (N-methyl/N-ethyl adjacent to an activating group) is 2. The Morgan fingerprint density at radius 1 is 0.880 bits per heavy atom. The van der Waals surface area contributed by atoms with Crippen LogP contribution in [0.5, 0.6) is 5.88 Å². The summed E-state index contributed by atoms with van der Waals surface area (Å²) in [6, 6.07) is -0.346. The van der Waals surface area contributed by atoms with Crippen LogP contribution in [-0.4, -0.2) is 44.0 Å². The van der Waals surface area contributed by atoms with Crippen LogP contribution < -0.4 is 10.8 Å². The molecule has 0 atom stereocenters. The molecule has 2 rings (SSSR count). The molecule has 1 aliphatic rings. The molecule has 0 bridgehead atoms. The number of hydrogen-bond donors (Lipinski definition) is 0. The third-order valence-corrected chi connectivity index (χ3v) is 4.21. The van der Waals surface area contributed by atoms with Gasteiger partial charge in [-0.05, 0) is 45.7 Å². The van der Waals surface area contributed by atoms with E-state index in [9.17, 15) is 19.5 Å². The van der Waals surface area contributed by atoms with Crippen LogP contribution in [-0.2, 0) is 17.9 Å². The van der Waals surface area contributed by atoms with Gasteiger partial charge in [0.1, 0.15) is 5.70 Å². The number of aromatic nitrogens is 2. The standard InChI is InChI=1S/C17H24N4O4/c1-5-18-12(14(22)20(7-3)16(18)24)10-9-11-13-15(23)21(8-4)17(25)19(13)6-2/h9-11,22H,5-8H2,1-4H3/p-1/b10-9?,13-11+. The third kappa shape index (κ3) is 2.99. The Morgan fingerprint density at radius 2 is 1.48 bits per heavy atom. The van der Waals surface area contributed by atoms with Gasteiger partial charge in [0.05, 0.1) is 5.69 Å². The van der Waals surface area contributed by atoms with Crippen molar-refractivity contribution in [3.05, 3.63) is 34.0 Å². The first kappa shape index (κ1) is 18.6. The Morgan fingerprint density at radius 3 is 2.00 bits per heavy atom. The molecule has 0 unspecified atom stereocenters. The van der Waals surface area contributed by atoms with Crippen molar-refractivity contribution in [1.29, 1.82) is 0 Å². The zero-order valence-corrected chi connectivity index (χ0v) is 15.0.